The number of methoxy groups -OCH3 is 2. The highest BCUT2D eigenvalue weighted by molar-refractivity contribution is 5.95. The number of ether oxygens (including phenoxy) is 3. The molecule has 0 saturated carbocycles. The lowest BCUT2D eigenvalue weighted by atomic mass is 10.2. The van der Waals surface area contributed by atoms with Gasteiger partial charge in [0.2, 0.25) is 5.75 Å². The van der Waals surface area contributed by atoms with E-state index in [9.17, 15) is 9.59 Å². The number of carbonyl (C=O) groups excluding carboxylic acids is 2. The zero-order chi connectivity index (χ0) is 23.3. The van der Waals surface area contributed by atoms with E-state index in [1.54, 1.807) is 24.3 Å². The van der Waals surface area contributed by atoms with Crippen LogP contribution >= 0.6 is 0 Å². The van der Waals surface area contributed by atoms with Gasteiger partial charge in [-0.2, -0.15) is 5.10 Å². The molecule has 0 saturated heterocycles. The summed E-state index contributed by atoms with van der Waals surface area (Å²) in [5.74, 6) is -0.0541. The van der Waals surface area contributed by atoms with Crippen molar-refractivity contribution in [1.82, 2.24) is 9.99 Å². The molecule has 0 atom stereocenters. The molecule has 0 aliphatic heterocycles. The van der Waals surface area contributed by atoms with Crippen LogP contribution in [0.25, 0.3) is 5.69 Å². The number of hydrogen-bond acceptors (Lipinski definition) is 6. The predicted molar refractivity (Wildman–Crippen MR) is 121 cm³/mol. The van der Waals surface area contributed by atoms with Crippen molar-refractivity contribution in [2.24, 2.45) is 5.10 Å². The van der Waals surface area contributed by atoms with E-state index < -0.39 is 5.97 Å². The third-order valence-corrected chi connectivity index (χ3v) is 4.77. The summed E-state index contributed by atoms with van der Waals surface area (Å²) < 4.78 is 17.8. The number of rotatable bonds is 7. The molecule has 8 heteroatoms. The lowest BCUT2D eigenvalue weighted by molar-refractivity contribution is -0.132. The minimum Gasteiger partial charge on any atom is -0.493 e. The number of nitrogens with one attached hydrogen (secondary N) is 1. The van der Waals surface area contributed by atoms with Crippen molar-refractivity contribution < 1.29 is 23.8 Å². The van der Waals surface area contributed by atoms with E-state index in [1.165, 1.54) is 27.4 Å². The molecular weight excluding hydrogens is 410 g/mol. The van der Waals surface area contributed by atoms with Crippen LogP contribution in [-0.2, 0) is 4.79 Å². The van der Waals surface area contributed by atoms with E-state index in [0.29, 0.717) is 22.6 Å². The van der Waals surface area contributed by atoms with E-state index in [2.05, 4.69) is 15.1 Å². The molecule has 32 heavy (non-hydrogen) atoms. The molecule has 8 nitrogen and oxygen atoms in total. The van der Waals surface area contributed by atoms with Crippen LogP contribution in [0.5, 0.6) is 17.2 Å². The topological polar surface area (TPSA) is 91.2 Å². The Morgan fingerprint density at radius 3 is 2.00 bits per heavy atom. The van der Waals surface area contributed by atoms with Crippen LogP contribution in [-0.4, -0.2) is 36.9 Å². The molecule has 1 amide bonds. The maximum atomic E-state index is 12.4. The number of hydrogen-bond donors (Lipinski definition) is 1. The van der Waals surface area contributed by atoms with Gasteiger partial charge in [-0.1, -0.05) is 0 Å². The maximum Gasteiger partial charge on any atom is 0.308 e. The first-order chi connectivity index (χ1) is 15.3. The zero-order valence-corrected chi connectivity index (χ0v) is 18.6. The molecule has 1 heterocycles. The molecule has 2 aromatic carbocycles. The highest BCUT2D eigenvalue weighted by Gasteiger charge is 2.15. The van der Waals surface area contributed by atoms with Crippen LogP contribution in [0.2, 0.25) is 0 Å². The SMILES string of the molecule is COc1cc(/C=N/NC(=O)c2ccc(-n3c(C)ccc3C)cc2)cc(OC)c1OC(C)=O. The number of carbonyl (C=O) groups is 2. The summed E-state index contributed by atoms with van der Waals surface area (Å²) in [7, 11) is 2.90. The molecule has 1 N–H and O–H groups in total. The van der Waals surface area contributed by atoms with Gasteiger partial charge < -0.3 is 18.8 Å². The van der Waals surface area contributed by atoms with Gasteiger partial charge in [0.25, 0.3) is 5.91 Å². The van der Waals surface area contributed by atoms with E-state index in [4.69, 9.17) is 14.2 Å². The van der Waals surface area contributed by atoms with Gasteiger partial charge in [-0.25, -0.2) is 5.43 Å². The molecule has 0 bridgehead atoms. The van der Waals surface area contributed by atoms with Crippen molar-refractivity contribution in [2.45, 2.75) is 20.8 Å². The Kier molecular flexibility index (Phi) is 6.94. The molecule has 0 radical (unpaired) electrons. The van der Waals surface area contributed by atoms with Crippen LogP contribution in [0.15, 0.2) is 53.6 Å². The summed E-state index contributed by atoms with van der Waals surface area (Å²) in [5, 5.41) is 4.01. The Hall–Kier alpha value is -4.07. The standard InChI is InChI=1S/C24H25N3O5/c1-15-6-7-16(2)27(15)20-10-8-19(9-11-20)24(29)26-25-14-18-12-21(30-4)23(32-17(3)28)22(13-18)31-5/h6-14H,1-5H3,(H,26,29)/b25-14+. The van der Waals surface area contributed by atoms with E-state index in [1.807, 2.05) is 38.1 Å². The van der Waals surface area contributed by atoms with Crippen LogP contribution < -0.4 is 19.6 Å². The van der Waals surface area contributed by atoms with Gasteiger partial charge >= 0.3 is 5.97 Å². The predicted octanol–water partition coefficient (Wildman–Crippen LogP) is 3.80. The lowest BCUT2D eigenvalue weighted by Crippen LogP contribution is -2.17. The summed E-state index contributed by atoms with van der Waals surface area (Å²) in [6.07, 6.45) is 1.45. The Morgan fingerprint density at radius 1 is 0.938 bits per heavy atom. The molecule has 0 aliphatic rings. The fraction of sp³-hybridized carbons (Fsp3) is 0.208. The number of aromatic nitrogens is 1. The molecule has 0 aliphatic carbocycles. The molecule has 166 valence electrons. The average Bonchev–Trinajstić information content (AvgIpc) is 3.11. The van der Waals surface area contributed by atoms with Crippen molar-refractivity contribution >= 4 is 18.1 Å². The van der Waals surface area contributed by atoms with Gasteiger partial charge in [-0.05, 0) is 62.4 Å². The second-order valence-corrected chi connectivity index (χ2v) is 7.05. The largest absolute Gasteiger partial charge is 0.493 e. The quantitative estimate of drug-likeness (QED) is 0.264. The summed E-state index contributed by atoms with van der Waals surface area (Å²) in [6, 6.07) is 14.6. The normalized spacial score (nSPS) is 10.8. The van der Waals surface area contributed by atoms with Crippen LogP contribution in [0.4, 0.5) is 0 Å². The fourth-order valence-electron chi connectivity index (χ4n) is 3.29. The second-order valence-electron chi connectivity index (χ2n) is 7.05. The summed E-state index contributed by atoms with van der Waals surface area (Å²) in [5.41, 5.74) is 6.79. The minimum absolute atomic E-state index is 0.178. The average molecular weight is 435 g/mol. The summed E-state index contributed by atoms with van der Waals surface area (Å²) in [4.78, 5) is 23.8. The first-order valence-corrected chi connectivity index (χ1v) is 9.87. The molecule has 3 aromatic rings. The van der Waals surface area contributed by atoms with Crippen molar-refractivity contribution in [3.8, 4) is 22.9 Å². The van der Waals surface area contributed by atoms with E-state index >= 15 is 0 Å². The van der Waals surface area contributed by atoms with E-state index in [-0.39, 0.29) is 11.7 Å². The van der Waals surface area contributed by atoms with E-state index in [0.717, 1.165) is 17.1 Å². The van der Waals surface area contributed by atoms with Crippen molar-refractivity contribution in [3.63, 3.8) is 0 Å². The molecule has 3 rings (SSSR count). The van der Waals surface area contributed by atoms with Gasteiger partial charge in [0.1, 0.15) is 0 Å². The Bertz CT molecular complexity index is 1120. The number of aryl methyl sites for hydroxylation is 2. The van der Waals surface area contributed by atoms with Gasteiger partial charge in [0.15, 0.2) is 11.5 Å². The summed E-state index contributed by atoms with van der Waals surface area (Å²) in [6.45, 7) is 5.35. The van der Waals surface area contributed by atoms with Crippen molar-refractivity contribution in [3.05, 3.63) is 71.0 Å². The van der Waals surface area contributed by atoms with Crippen molar-refractivity contribution in [2.75, 3.05) is 14.2 Å². The third kappa shape index (κ3) is 4.97. The van der Waals surface area contributed by atoms with Gasteiger partial charge in [0.05, 0.1) is 20.4 Å². The van der Waals surface area contributed by atoms with Crippen LogP contribution in [0.1, 0.15) is 34.2 Å². The smallest absolute Gasteiger partial charge is 0.308 e. The maximum absolute atomic E-state index is 12.4. The first kappa shape index (κ1) is 22.6. The third-order valence-electron chi connectivity index (χ3n) is 4.77. The van der Waals surface area contributed by atoms with Gasteiger partial charge in [0, 0.05) is 35.1 Å². The molecule has 0 unspecified atom stereocenters. The Morgan fingerprint density at radius 2 is 1.50 bits per heavy atom. The molecule has 1 aromatic heterocycles. The highest BCUT2D eigenvalue weighted by atomic mass is 16.6. The Labute approximate surface area is 186 Å². The van der Waals surface area contributed by atoms with Crippen molar-refractivity contribution in [1.29, 1.82) is 0 Å². The minimum atomic E-state index is -0.497. The van der Waals surface area contributed by atoms with Crippen LogP contribution in [0.3, 0.4) is 0 Å². The number of hydrazone groups is 1. The zero-order valence-electron chi connectivity index (χ0n) is 18.6. The highest BCUT2D eigenvalue weighted by Crippen LogP contribution is 2.38. The number of amides is 1. The lowest BCUT2D eigenvalue weighted by Gasteiger charge is -2.13. The monoisotopic (exact) mass is 435 g/mol. The number of nitrogens with zero attached hydrogens (tertiary/aromatic N) is 2. The first-order valence-electron chi connectivity index (χ1n) is 9.87. The van der Waals surface area contributed by atoms with Crippen LogP contribution in [0, 0.1) is 13.8 Å². The molecular formula is C24H25N3O5. The second kappa shape index (κ2) is 9.82. The number of benzene rings is 2. The molecule has 0 fully saturated rings. The van der Waals surface area contributed by atoms with Gasteiger partial charge in [-0.3, -0.25) is 9.59 Å². The summed E-state index contributed by atoms with van der Waals surface area (Å²) >= 11 is 0. The Balaban J connectivity index is 1.73. The van der Waals surface area contributed by atoms with Gasteiger partial charge in [-0.15, -0.1) is 0 Å². The molecule has 0 spiro atoms. The number of esters is 1. The fourth-order valence-corrected chi connectivity index (χ4v) is 3.29.